The summed E-state index contributed by atoms with van der Waals surface area (Å²) in [6.45, 7) is 9.12. The van der Waals surface area contributed by atoms with E-state index in [-0.39, 0.29) is 23.2 Å². The second-order valence-corrected chi connectivity index (χ2v) is 7.45. The summed E-state index contributed by atoms with van der Waals surface area (Å²) in [6.07, 6.45) is 3.53. The minimum Gasteiger partial charge on any atom is -0.466 e. The number of carbonyl (C=O) groups is 2. The number of amides is 1. The maximum Gasteiger partial charge on any atom is 0.308 e. The van der Waals surface area contributed by atoms with Crippen LogP contribution in [0.2, 0.25) is 0 Å². The maximum absolute atomic E-state index is 11.8. The van der Waals surface area contributed by atoms with E-state index in [1.165, 1.54) is 0 Å². The van der Waals surface area contributed by atoms with Gasteiger partial charge >= 0.3 is 5.97 Å². The van der Waals surface area contributed by atoms with Gasteiger partial charge in [-0.1, -0.05) is 20.8 Å². The molecular formula is C18H34N4O3. The van der Waals surface area contributed by atoms with E-state index in [0.717, 1.165) is 31.6 Å². The summed E-state index contributed by atoms with van der Waals surface area (Å²) in [5.41, 5.74) is -0.377. The Bertz CT molecular complexity index is 463. The van der Waals surface area contributed by atoms with E-state index in [1.54, 1.807) is 7.05 Å². The van der Waals surface area contributed by atoms with E-state index in [0.29, 0.717) is 25.7 Å². The first-order chi connectivity index (χ1) is 11.8. The van der Waals surface area contributed by atoms with Gasteiger partial charge in [-0.05, 0) is 32.6 Å². The van der Waals surface area contributed by atoms with Crippen molar-refractivity contribution in [3.63, 3.8) is 0 Å². The van der Waals surface area contributed by atoms with Crippen molar-refractivity contribution in [3.05, 3.63) is 0 Å². The first kappa shape index (κ1) is 21.3. The molecule has 0 saturated heterocycles. The third-order valence-electron chi connectivity index (χ3n) is 4.30. The predicted octanol–water partition coefficient (Wildman–Crippen LogP) is 1.44. The van der Waals surface area contributed by atoms with Crippen molar-refractivity contribution >= 4 is 17.8 Å². The van der Waals surface area contributed by atoms with Crippen LogP contribution in [0.5, 0.6) is 0 Å². The standard InChI is InChI=1S/C18H34N4O3/c1-6-25-15(23)13-7-9-14(10-8-13)22-17(19-5)21-12-11-20-16(24)18(2,3)4/h13-14H,6-12H2,1-5H3,(H,20,24)(H2,19,21,22). The molecule has 0 atom stereocenters. The molecule has 0 aromatic heterocycles. The molecule has 7 nitrogen and oxygen atoms in total. The van der Waals surface area contributed by atoms with E-state index in [2.05, 4.69) is 20.9 Å². The highest BCUT2D eigenvalue weighted by atomic mass is 16.5. The summed E-state index contributed by atoms with van der Waals surface area (Å²) in [4.78, 5) is 27.8. The molecule has 0 spiro atoms. The molecule has 3 N–H and O–H groups in total. The summed E-state index contributed by atoms with van der Waals surface area (Å²) in [6, 6.07) is 0.307. The van der Waals surface area contributed by atoms with Gasteiger partial charge in [0.25, 0.3) is 0 Å². The van der Waals surface area contributed by atoms with Crippen LogP contribution in [0.25, 0.3) is 0 Å². The second-order valence-electron chi connectivity index (χ2n) is 7.45. The summed E-state index contributed by atoms with van der Waals surface area (Å²) in [5, 5.41) is 9.50. The number of ether oxygens (including phenoxy) is 1. The molecule has 0 aliphatic heterocycles. The van der Waals surface area contributed by atoms with Gasteiger partial charge in [0, 0.05) is 31.6 Å². The van der Waals surface area contributed by atoms with Crippen LogP contribution in [0.1, 0.15) is 53.4 Å². The monoisotopic (exact) mass is 354 g/mol. The molecule has 25 heavy (non-hydrogen) atoms. The van der Waals surface area contributed by atoms with Crippen LogP contribution in [-0.2, 0) is 14.3 Å². The van der Waals surface area contributed by atoms with Gasteiger partial charge in [-0.15, -0.1) is 0 Å². The molecule has 0 unspecified atom stereocenters. The molecular weight excluding hydrogens is 320 g/mol. The number of nitrogens with zero attached hydrogens (tertiary/aromatic N) is 1. The van der Waals surface area contributed by atoms with E-state index < -0.39 is 0 Å². The first-order valence-corrected chi connectivity index (χ1v) is 9.20. The Morgan fingerprint density at radius 1 is 1.08 bits per heavy atom. The average molecular weight is 354 g/mol. The smallest absolute Gasteiger partial charge is 0.308 e. The molecule has 1 aliphatic carbocycles. The third-order valence-corrected chi connectivity index (χ3v) is 4.30. The van der Waals surface area contributed by atoms with Crippen molar-refractivity contribution in [2.45, 2.75) is 59.4 Å². The number of esters is 1. The normalized spacial score (nSPS) is 21.4. The van der Waals surface area contributed by atoms with Gasteiger partial charge in [0.05, 0.1) is 12.5 Å². The molecule has 1 rings (SSSR count). The number of guanidine groups is 1. The molecule has 0 bridgehead atoms. The van der Waals surface area contributed by atoms with Gasteiger partial charge in [0.15, 0.2) is 5.96 Å². The average Bonchev–Trinajstić information content (AvgIpc) is 2.57. The van der Waals surface area contributed by atoms with Crippen molar-refractivity contribution < 1.29 is 14.3 Å². The van der Waals surface area contributed by atoms with Crippen LogP contribution in [0.3, 0.4) is 0 Å². The summed E-state index contributed by atoms with van der Waals surface area (Å²) in [7, 11) is 1.73. The number of rotatable bonds is 6. The number of hydrogen-bond acceptors (Lipinski definition) is 4. The van der Waals surface area contributed by atoms with Crippen LogP contribution in [0.4, 0.5) is 0 Å². The Morgan fingerprint density at radius 2 is 1.68 bits per heavy atom. The molecule has 7 heteroatoms. The SMILES string of the molecule is CCOC(=O)C1CCC(NC(=NC)NCCNC(=O)C(C)(C)C)CC1. The van der Waals surface area contributed by atoms with Crippen LogP contribution in [0, 0.1) is 11.3 Å². The van der Waals surface area contributed by atoms with Gasteiger partial charge in [0.1, 0.15) is 0 Å². The fourth-order valence-corrected chi connectivity index (χ4v) is 2.74. The lowest BCUT2D eigenvalue weighted by Gasteiger charge is -2.29. The Balaban J connectivity index is 2.27. The largest absolute Gasteiger partial charge is 0.466 e. The highest BCUT2D eigenvalue weighted by Gasteiger charge is 2.27. The number of aliphatic imine (C=N–C) groups is 1. The van der Waals surface area contributed by atoms with E-state index in [4.69, 9.17) is 4.74 Å². The zero-order chi connectivity index (χ0) is 18.9. The number of nitrogens with one attached hydrogen (secondary N) is 3. The molecule has 1 saturated carbocycles. The minimum atomic E-state index is -0.377. The lowest BCUT2D eigenvalue weighted by atomic mass is 9.86. The topological polar surface area (TPSA) is 91.8 Å². The van der Waals surface area contributed by atoms with Crippen LogP contribution < -0.4 is 16.0 Å². The first-order valence-electron chi connectivity index (χ1n) is 9.20. The van der Waals surface area contributed by atoms with Gasteiger partial charge in [-0.2, -0.15) is 0 Å². The van der Waals surface area contributed by atoms with Crippen molar-refractivity contribution in [2.24, 2.45) is 16.3 Å². The lowest BCUT2D eigenvalue weighted by molar-refractivity contribution is -0.149. The molecule has 1 amide bonds. The molecule has 0 aromatic carbocycles. The molecule has 1 aliphatic rings. The van der Waals surface area contributed by atoms with E-state index in [1.807, 2.05) is 27.7 Å². The fraction of sp³-hybridized carbons (Fsp3) is 0.833. The van der Waals surface area contributed by atoms with E-state index in [9.17, 15) is 9.59 Å². The predicted molar refractivity (Wildman–Crippen MR) is 99.3 cm³/mol. The van der Waals surface area contributed by atoms with Crippen LogP contribution >= 0.6 is 0 Å². The molecule has 0 aromatic rings. The van der Waals surface area contributed by atoms with Gasteiger partial charge in [0.2, 0.25) is 5.91 Å². The molecule has 0 heterocycles. The molecule has 144 valence electrons. The number of carbonyl (C=O) groups excluding carboxylic acids is 2. The zero-order valence-electron chi connectivity index (χ0n) is 16.3. The van der Waals surface area contributed by atoms with Crippen molar-refractivity contribution in [1.29, 1.82) is 0 Å². The highest BCUT2D eigenvalue weighted by molar-refractivity contribution is 5.82. The third kappa shape index (κ3) is 7.75. The van der Waals surface area contributed by atoms with E-state index >= 15 is 0 Å². The molecule has 0 radical (unpaired) electrons. The fourth-order valence-electron chi connectivity index (χ4n) is 2.74. The lowest BCUT2D eigenvalue weighted by Crippen LogP contribution is -2.47. The maximum atomic E-state index is 11.8. The Labute approximate surface area is 151 Å². The van der Waals surface area contributed by atoms with Crippen molar-refractivity contribution in [2.75, 3.05) is 26.7 Å². The van der Waals surface area contributed by atoms with Gasteiger partial charge in [-0.25, -0.2) is 0 Å². The van der Waals surface area contributed by atoms with Crippen molar-refractivity contribution in [3.8, 4) is 0 Å². The Hall–Kier alpha value is -1.79. The highest BCUT2D eigenvalue weighted by Crippen LogP contribution is 2.25. The number of hydrogen-bond donors (Lipinski definition) is 3. The second kappa shape index (κ2) is 10.3. The Kier molecular flexibility index (Phi) is 8.72. The Morgan fingerprint density at radius 3 is 2.20 bits per heavy atom. The summed E-state index contributed by atoms with van der Waals surface area (Å²) >= 11 is 0. The summed E-state index contributed by atoms with van der Waals surface area (Å²) < 4.78 is 5.10. The zero-order valence-corrected chi connectivity index (χ0v) is 16.3. The quantitative estimate of drug-likeness (QED) is 0.290. The van der Waals surface area contributed by atoms with Crippen molar-refractivity contribution in [1.82, 2.24) is 16.0 Å². The minimum absolute atomic E-state index is 0.0283. The van der Waals surface area contributed by atoms with Gasteiger partial charge < -0.3 is 20.7 Å². The summed E-state index contributed by atoms with van der Waals surface area (Å²) in [5.74, 6) is 0.720. The van der Waals surface area contributed by atoms with Crippen LogP contribution in [0.15, 0.2) is 4.99 Å². The van der Waals surface area contributed by atoms with Crippen LogP contribution in [-0.4, -0.2) is 50.6 Å². The van der Waals surface area contributed by atoms with Gasteiger partial charge in [-0.3, -0.25) is 14.6 Å². The molecule has 1 fully saturated rings.